The van der Waals surface area contributed by atoms with Crippen molar-refractivity contribution >= 4 is 22.8 Å². The summed E-state index contributed by atoms with van der Waals surface area (Å²) in [5.41, 5.74) is 0.473. The highest BCUT2D eigenvalue weighted by atomic mass is 32.2. The first-order valence-corrected chi connectivity index (χ1v) is 7.73. The van der Waals surface area contributed by atoms with Gasteiger partial charge < -0.3 is 9.57 Å². The van der Waals surface area contributed by atoms with Crippen LogP contribution in [0.4, 0.5) is 4.39 Å². The second-order valence-electron chi connectivity index (χ2n) is 5.33. The Morgan fingerprint density at radius 2 is 2.29 bits per heavy atom. The van der Waals surface area contributed by atoms with Gasteiger partial charge in [-0.25, -0.2) is 9.18 Å². The molecule has 6 heteroatoms. The van der Waals surface area contributed by atoms with Crippen LogP contribution >= 0.6 is 11.8 Å². The van der Waals surface area contributed by atoms with Crippen LogP contribution in [-0.2, 0) is 15.3 Å². The number of hydrogen-bond donors (Lipinski definition) is 0. The highest BCUT2D eigenvalue weighted by molar-refractivity contribution is 8.13. The molecule has 0 aromatic heterocycles. The Labute approximate surface area is 127 Å². The number of oxime groups is 1. The van der Waals surface area contributed by atoms with E-state index in [0.717, 1.165) is 11.5 Å². The zero-order chi connectivity index (χ0) is 15.5. The number of esters is 1. The molecule has 21 heavy (non-hydrogen) atoms. The maximum atomic E-state index is 14.0. The van der Waals surface area contributed by atoms with Gasteiger partial charge in [0, 0.05) is 12.2 Å². The fourth-order valence-corrected chi connectivity index (χ4v) is 2.94. The van der Waals surface area contributed by atoms with Crippen LogP contribution in [0.3, 0.4) is 0 Å². The number of hydrogen-bond acceptors (Lipinski definition) is 5. The summed E-state index contributed by atoms with van der Waals surface area (Å²) in [4.78, 5) is 16.8. The SMILES string of the molecule is CCOC(=O)c1ccc(CSC2=NOC(C)(C)C2)c(F)c1. The molecule has 1 aliphatic heterocycles. The fourth-order valence-electron chi connectivity index (χ4n) is 1.85. The van der Waals surface area contributed by atoms with E-state index >= 15 is 0 Å². The Hall–Kier alpha value is -1.56. The van der Waals surface area contributed by atoms with Crippen LogP contribution in [0, 0.1) is 5.82 Å². The molecule has 0 saturated heterocycles. The molecule has 1 aliphatic rings. The molecule has 0 bridgehead atoms. The van der Waals surface area contributed by atoms with Crippen LogP contribution in [0.2, 0.25) is 0 Å². The summed E-state index contributed by atoms with van der Waals surface area (Å²) in [5, 5.41) is 4.84. The van der Waals surface area contributed by atoms with Crippen molar-refractivity contribution in [2.24, 2.45) is 5.16 Å². The molecule has 0 amide bonds. The number of nitrogens with zero attached hydrogens (tertiary/aromatic N) is 1. The smallest absolute Gasteiger partial charge is 0.338 e. The van der Waals surface area contributed by atoms with Crippen LogP contribution < -0.4 is 0 Å². The van der Waals surface area contributed by atoms with Crippen LogP contribution in [0.15, 0.2) is 23.4 Å². The normalized spacial score (nSPS) is 16.3. The average Bonchev–Trinajstić information content (AvgIpc) is 2.77. The summed E-state index contributed by atoms with van der Waals surface area (Å²) >= 11 is 1.45. The van der Waals surface area contributed by atoms with E-state index in [1.807, 2.05) is 13.8 Å². The number of ether oxygens (including phenoxy) is 1. The molecule has 0 N–H and O–H groups in total. The van der Waals surface area contributed by atoms with Crippen molar-refractivity contribution in [1.29, 1.82) is 0 Å². The number of rotatable bonds is 4. The Kier molecular flexibility index (Phi) is 4.88. The van der Waals surface area contributed by atoms with Crippen molar-refractivity contribution in [2.75, 3.05) is 6.61 Å². The standard InChI is InChI=1S/C15H18FNO3S/c1-4-19-14(18)10-5-6-11(12(16)7-10)9-21-13-8-15(2,3)20-17-13/h5-7H,4,8-9H2,1-3H3. The highest BCUT2D eigenvalue weighted by Crippen LogP contribution is 2.29. The van der Waals surface area contributed by atoms with Gasteiger partial charge in [0.2, 0.25) is 0 Å². The van der Waals surface area contributed by atoms with E-state index in [4.69, 9.17) is 9.57 Å². The zero-order valence-electron chi connectivity index (χ0n) is 12.3. The van der Waals surface area contributed by atoms with Crippen LogP contribution in [0.25, 0.3) is 0 Å². The Morgan fingerprint density at radius 3 is 2.86 bits per heavy atom. The number of benzene rings is 1. The van der Waals surface area contributed by atoms with E-state index in [9.17, 15) is 9.18 Å². The summed E-state index contributed by atoms with van der Waals surface area (Å²) in [6.07, 6.45) is 0.722. The third-order valence-corrected chi connectivity index (χ3v) is 3.94. The quantitative estimate of drug-likeness (QED) is 0.795. The molecule has 0 fully saturated rings. The topological polar surface area (TPSA) is 47.9 Å². The van der Waals surface area contributed by atoms with Crippen LogP contribution in [0.1, 0.15) is 43.1 Å². The van der Waals surface area contributed by atoms with Crippen LogP contribution in [0.5, 0.6) is 0 Å². The molecule has 1 aromatic carbocycles. The van der Waals surface area contributed by atoms with Gasteiger partial charge in [0.05, 0.1) is 12.2 Å². The first kappa shape index (κ1) is 15.8. The Balaban J connectivity index is 1.97. The Morgan fingerprint density at radius 1 is 1.52 bits per heavy atom. The van der Waals surface area contributed by atoms with Crippen molar-refractivity contribution in [3.63, 3.8) is 0 Å². The predicted octanol–water partition coefficient (Wildman–Crippen LogP) is 3.75. The van der Waals surface area contributed by atoms with E-state index in [0.29, 0.717) is 11.3 Å². The van der Waals surface area contributed by atoms with E-state index in [-0.39, 0.29) is 17.8 Å². The molecule has 1 aromatic rings. The van der Waals surface area contributed by atoms with Gasteiger partial charge in [-0.15, -0.1) is 11.8 Å². The van der Waals surface area contributed by atoms with Gasteiger partial charge >= 0.3 is 5.97 Å². The van der Waals surface area contributed by atoms with Gasteiger partial charge in [-0.1, -0.05) is 11.2 Å². The number of halogens is 1. The van der Waals surface area contributed by atoms with Gasteiger partial charge in [-0.3, -0.25) is 0 Å². The minimum absolute atomic E-state index is 0.228. The predicted molar refractivity (Wildman–Crippen MR) is 80.9 cm³/mol. The third-order valence-electron chi connectivity index (χ3n) is 2.93. The molecular weight excluding hydrogens is 293 g/mol. The third kappa shape index (κ3) is 4.20. The molecule has 114 valence electrons. The van der Waals surface area contributed by atoms with Crippen molar-refractivity contribution in [2.45, 2.75) is 38.5 Å². The maximum Gasteiger partial charge on any atom is 0.338 e. The first-order chi connectivity index (χ1) is 9.91. The molecule has 0 unspecified atom stereocenters. The minimum Gasteiger partial charge on any atom is -0.462 e. The number of carbonyl (C=O) groups excluding carboxylic acids is 1. The van der Waals surface area contributed by atoms with Gasteiger partial charge in [0.15, 0.2) is 0 Å². The molecule has 2 rings (SSSR count). The molecule has 0 aliphatic carbocycles. The summed E-state index contributed by atoms with van der Waals surface area (Å²) in [7, 11) is 0. The summed E-state index contributed by atoms with van der Waals surface area (Å²) in [6.45, 7) is 5.90. The van der Waals surface area contributed by atoms with Crippen molar-refractivity contribution in [3.8, 4) is 0 Å². The molecule has 4 nitrogen and oxygen atoms in total. The monoisotopic (exact) mass is 311 g/mol. The highest BCUT2D eigenvalue weighted by Gasteiger charge is 2.29. The van der Waals surface area contributed by atoms with Crippen LogP contribution in [-0.4, -0.2) is 23.2 Å². The second-order valence-corrected chi connectivity index (χ2v) is 6.38. The summed E-state index contributed by atoms with van der Waals surface area (Å²) in [5.74, 6) is -0.467. The molecule has 0 spiro atoms. The van der Waals surface area contributed by atoms with E-state index in [2.05, 4.69) is 5.16 Å². The lowest BCUT2D eigenvalue weighted by Gasteiger charge is -2.13. The minimum atomic E-state index is -0.508. The second kappa shape index (κ2) is 6.47. The lowest BCUT2D eigenvalue weighted by molar-refractivity contribution is 0.0123. The van der Waals surface area contributed by atoms with Crippen molar-refractivity contribution < 1.29 is 18.8 Å². The number of thioether (sulfide) groups is 1. The van der Waals surface area contributed by atoms with Gasteiger partial charge in [-0.2, -0.15) is 0 Å². The van der Waals surface area contributed by atoms with Crippen molar-refractivity contribution in [3.05, 3.63) is 35.1 Å². The Bertz CT molecular complexity index is 572. The first-order valence-electron chi connectivity index (χ1n) is 6.74. The van der Waals surface area contributed by atoms with Gasteiger partial charge in [0.1, 0.15) is 16.5 Å². The zero-order valence-corrected chi connectivity index (χ0v) is 13.1. The maximum absolute atomic E-state index is 14.0. The fraction of sp³-hybridized carbons (Fsp3) is 0.467. The van der Waals surface area contributed by atoms with Crippen molar-refractivity contribution in [1.82, 2.24) is 0 Å². The lowest BCUT2D eigenvalue weighted by atomic mass is 10.1. The summed E-state index contributed by atoms with van der Waals surface area (Å²) < 4.78 is 18.8. The molecular formula is C15H18FNO3S. The largest absolute Gasteiger partial charge is 0.462 e. The van der Waals surface area contributed by atoms with E-state index in [1.165, 1.54) is 17.8 Å². The van der Waals surface area contributed by atoms with Gasteiger partial charge in [0.25, 0.3) is 0 Å². The van der Waals surface area contributed by atoms with Gasteiger partial charge in [-0.05, 0) is 38.5 Å². The molecule has 0 atom stereocenters. The van der Waals surface area contributed by atoms with E-state index < -0.39 is 11.8 Å². The average molecular weight is 311 g/mol. The molecule has 0 radical (unpaired) electrons. The molecule has 0 saturated carbocycles. The van der Waals surface area contributed by atoms with E-state index in [1.54, 1.807) is 19.1 Å². The lowest BCUT2D eigenvalue weighted by Crippen LogP contribution is -2.18. The number of carbonyl (C=O) groups is 1. The summed E-state index contributed by atoms with van der Waals surface area (Å²) in [6, 6.07) is 4.40. The molecule has 1 heterocycles.